The Bertz CT molecular complexity index is 379. The van der Waals surface area contributed by atoms with Crippen LogP contribution < -0.4 is 10.2 Å². The van der Waals surface area contributed by atoms with Crippen molar-refractivity contribution in [3.05, 3.63) is 29.8 Å². The van der Waals surface area contributed by atoms with E-state index in [9.17, 15) is 5.11 Å². The van der Waals surface area contributed by atoms with Crippen LogP contribution in [0.1, 0.15) is 18.5 Å². The summed E-state index contributed by atoms with van der Waals surface area (Å²) >= 11 is 0. The fourth-order valence-electron chi connectivity index (χ4n) is 2.17. The van der Waals surface area contributed by atoms with Crippen molar-refractivity contribution in [2.24, 2.45) is 0 Å². The van der Waals surface area contributed by atoms with Crippen LogP contribution in [0.3, 0.4) is 0 Å². The van der Waals surface area contributed by atoms with E-state index in [4.69, 9.17) is 0 Å². The molecule has 0 saturated heterocycles. The van der Waals surface area contributed by atoms with Gasteiger partial charge in [-0.15, -0.1) is 0 Å². The third kappa shape index (κ3) is 5.19. The van der Waals surface area contributed by atoms with Gasteiger partial charge in [-0.1, -0.05) is 18.2 Å². The van der Waals surface area contributed by atoms with Crippen LogP contribution in [0, 0.1) is 0 Å². The van der Waals surface area contributed by atoms with Gasteiger partial charge in [0.2, 0.25) is 0 Å². The molecule has 1 rings (SSSR count). The lowest BCUT2D eigenvalue weighted by Gasteiger charge is -2.24. The number of anilines is 1. The van der Waals surface area contributed by atoms with Gasteiger partial charge in [0, 0.05) is 38.9 Å². The Kier molecular flexibility index (Phi) is 6.28. The number of para-hydroxylation sites is 1. The summed E-state index contributed by atoms with van der Waals surface area (Å²) in [6.07, 6.45) is -0.344. The molecule has 0 bridgehead atoms. The number of nitrogens with one attached hydrogen (secondary N) is 1. The fourth-order valence-corrected chi connectivity index (χ4v) is 2.17. The summed E-state index contributed by atoms with van der Waals surface area (Å²) in [5, 5.41) is 13.3. The van der Waals surface area contributed by atoms with Crippen LogP contribution in [0.5, 0.6) is 0 Å². The summed E-state index contributed by atoms with van der Waals surface area (Å²) in [5.41, 5.74) is 2.47. The largest absolute Gasteiger partial charge is 0.390 e. The zero-order valence-electron chi connectivity index (χ0n) is 12.7. The maximum Gasteiger partial charge on any atom is 0.0791 e. The average Bonchev–Trinajstić information content (AvgIpc) is 2.35. The Morgan fingerprint density at radius 3 is 2.37 bits per heavy atom. The molecule has 0 fully saturated rings. The van der Waals surface area contributed by atoms with Crippen molar-refractivity contribution in [2.45, 2.75) is 19.1 Å². The van der Waals surface area contributed by atoms with Crippen LogP contribution in [-0.2, 0) is 0 Å². The number of rotatable bonds is 7. The first kappa shape index (κ1) is 16.0. The van der Waals surface area contributed by atoms with Gasteiger partial charge in [0.25, 0.3) is 0 Å². The first-order valence-electron chi connectivity index (χ1n) is 6.74. The minimum absolute atomic E-state index is 0.218. The molecule has 2 N–H and O–H groups in total. The molecular weight excluding hydrogens is 238 g/mol. The number of hydrogen-bond donors (Lipinski definition) is 2. The van der Waals surface area contributed by atoms with E-state index >= 15 is 0 Å². The maximum atomic E-state index is 9.88. The molecule has 1 aromatic rings. The van der Waals surface area contributed by atoms with Crippen molar-refractivity contribution in [1.82, 2.24) is 10.2 Å². The van der Waals surface area contributed by atoms with Gasteiger partial charge >= 0.3 is 0 Å². The SMILES string of the molecule is CC(NCC(O)CN(C)C)c1ccccc1N(C)C. The summed E-state index contributed by atoms with van der Waals surface area (Å²) in [4.78, 5) is 4.11. The highest BCUT2D eigenvalue weighted by molar-refractivity contribution is 5.53. The number of nitrogens with zero attached hydrogens (tertiary/aromatic N) is 2. The van der Waals surface area contributed by atoms with E-state index in [1.165, 1.54) is 11.3 Å². The topological polar surface area (TPSA) is 38.7 Å². The molecule has 0 radical (unpaired) electrons. The third-order valence-electron chi connectivity index (χ3n) is 3.12. The highest BCUT2D eigenvalue weighted by Crippen LogP contribution is 2.24. The van der Waals surface area contributed by atoms with Crippen molar-refractivity contribution in [2.75, 3.05) is 46.2 Å². The third-order valence-corrected chi connectivity index (χ3v) is 3.12. The first-order chi connectivity index (χ1) is 8.91. The van der Waals surface area contributed by atoms with Crippen LogP contribution >= 0.6 is 0 Å². The predicted octanol–water partition coefficient (Wildman–Crippen LogP) is 1.33. The van der Waals surface area contributed by atoms with E-state index in [1.54, 1.807) is 0 Å². The molecule has 19 heavy (non-hydrogen) atoms. The predicted molar refractivity (Wildman–Crippen MR) is 81.7 cm³/mol. The Morgan fingerprint density at radius 1 is 1.16 bits per heavy atom. The highest BCUT2D eigenvalue weighted by Gasteiger charge is 2.13. The molecule has 0 aromatic heterocycles. The molecule has 1 aromatic carbocycles. The molecule has 4 nitrogen and oxygen atoms in total. The van der Waals surface area contributed by atoms with E-state index < -0.39 is 0 Å². The van der Waals surface area contributed by atoms with Gasteiger partial charge in [-0.05, 0) is 32.6 Å². The monoisotopic (exact) mass is 265 g/mol. The van der Waals surface area contributed by atoms with Crippen molar-refractivity contribution in [3.8, 4) is 0 Å². The van der Waals surface area contributed by atoms with E-state index in [0.29, 0.717) is 13.1 Å². The van der Waals surface area contributed by atoms with Crippen LogP contribution in [-0.4, -0.2) is 57.4 Å². The summed E-state index contributed by atoms with van der Waals surface area (Å²) in [6, 6.07) is 8.56. The second kappa shape index (κ2) is 7.48. The Morgan fingerprint density at radius 2 is 1.79 bits per heavy atom. The van der Waals surface area contributed by atoms with Crippen molar-refractivity contribution < 1.29 is 5.11 Å². The smallest absolute Gasteiger partial charge is 0.0791 e. The summed E-state index contributed by atoms with van der Waals surface area (Å²) < 4.78 is 0. The van der Waals surface area contributed by atoms with E-state index in [2.05, 4.69) is 35.3 Å². The lowest BCUT2D eigenvalue weighted by atomic mass is 10.1. The maximum absolute atomic E-state index is 9.88. The minimum Gasteiger partial charge on any atom is -0.390 e. The van der Waals surface area contributed by atoms with Gasteiger partial charge in [0.1, 0.15) is 0 Å². The molecule has 0 spiro atoms. The zero-order valence-corrected chi connectivity index (χ0v) is 12.7. The Balaban J connectivity index is 2.61. The van der Waals surface area contributed by atoms with Crippen LogP contribution in [0.4, 0.5) is 5.69 Å². The Hall–Kier alpha value is -1.10. The van der Waals surface area contributed by atoms with Crippen molar-refractivity contribution >= 4 is 5.69 Å². The van der Waals surface area contributed by atoms with Gasteiger partial charge in [-0.2, -0.15) is 0 Å². The van der Waals surface area contributed by atoms with Crippen LogP contribution in [0.15, 0.2) is 24.3 Å². The molecular formula is C15H27N3O. The Labute approximate surface area is 117 Å². The summed E-state index contributed by atoms with van der Waals surface area (Å²) in [5.74, 6) is 0. The zero-order chi connectivity index (χ0) is 14.4. The molecule has 2 atom stereocenters. The lowest BCUT2D eigenvalue weighted by Crippen LogP contribution is -2.36. The number of benzene rings is 1. The van der Waals surface area contributed by atoms with E-state index in [0.717, 1.165) is 0 Å². The molecule has 2 unspecified atom stereocenters. The molecule has 108 valence electrons. The standard InChI is InChI=1S/C15H27N3O/c1-12(16-10-13(19)11-17(2)3)14-8-6-7-9-15(14)18(4)5/h6-9,12-13,16,19H,10-11H2,1-5H3. The van der Waals surface area contributed by atoms with E-state index in [-0.39, 0.29) is 12.1 Å². The normalized spacial score (nSPS) is 14.5. The fraction of sp³-hybridized carbons (Fsp3) is 0.600. The number of likely N-dealkylation sites (N-methyl/N-ethyl adjacent to an activating group) is 1. The second-order valence-electron chi connectivity index (χ2n) is 5.50. The van der Waals surface area contributed by atoms with Gasteiger partial charge in [0.15, 0.2) is 0 Å². The number of aliphatic hydroxyl groups is 1. The minimum atomic E-state index is -0.344. The van der Waals surface area contributed by atoms with Gasteiger partial charge in [-0.25, -0.2) is 0 Å². The molecule has 0 saturated carbocycles. The molecule has 0 amide bonds. The molecule has 0 heterocycles. The lowest BCUT2D eigenvalue weighted by molar-refractivity contribution is 0.132. The number of hydrogen-bond acceptors (Lipinski definition) is 4. The van der Waals surface area contributed by atoms with Gasteiger partial charge in [0.05, 0.1) is 6.10 Å². The van der Waals surface area contributed by atoms with Gasteiger partial charge < -0.3 is 20.2 Å². The van der Waals surface area contributed by atoms with Gasteiger partial charge in [-0.3, -0.25) is 0 Å². The molecule has 4 heteroatoms. The van der Waals surface area contributed by atoms with Crippen molar-refractivity contribution in [1.29, 1.82) is 0 Å². The molecule has 0 aliphatic carbocycles. The second-order valence-corrected chi connectivity index (χ2v) is 5.50. The summed E-state index contributed by atoms with van der Waals surface area (Å²) in [6.45, 7) is 3.40. The average molecular weight is 265 g/mol. The van der Waals surface area contributed by atoms with Crippen molar-refractivity contribution in [3.63, 3.8) is 0 Å². The number of aliphatic hydroxyl groups excluding tert-OH is 1. The van der Waals surface area contributed by atoms with Crippen LogP contribution in [0.2, 0.25) is 0 Å². The highest BCUT2D eigenvalue weighted by atomic mass is 16.3. The van der Waals surface area contributed by atoms with E-state index in [1.807, 2.05) is 39.2 Å². The quantitative estimate of drug-likeness (QED) is 0.780. The summed E-state index contributed by atoms with van der Waals surface area (Å²) in [7, 11) is 8.03. The molecule has 0 aliphatic rings. The van der Waals surface area contributed by atoms with Crippen LogP contribution in [0.25, 0.3) is 0 Å². The first-order valence-corrected chi connectivity index (χ1v) is 6.74. The molecule has 0 aliphatic heterocycles.